The van der Waals surface area contributed by atoms with Gasteiger partial charge in [-0.2, -0.15) is 0 Å². The van der Waals surface area contributed by atoms with Crippen molar-refractivity contribution >= 4 is 45.5 Å². The van der Waals surface area contributed by atoms with Crippen LogP contribution in [0.25, 0.3) is 79.8 Å². The molecule has 291 valence electrons. The summed E-state index contributed by atoms with van der Waals surface area (Å²) in [5.41, 5.74) is 13.8. The molecule has 6 bridgehead atoms. The number of fused-ring (bicyclic) bond motifs is 6. The number of hydrogen-bond donors (Lipinski definition) is 0. The molecule has 0 aromatic carbocycles. The van der Waals surface area contributed by atoms with Crippen LogP contribution < -0.4 is 72.9 Å². The normalized spacial score (nSPS) is 11.0. The maximum absolute atomic E-state index is 5.41. The zero-order chi connectivity index (χ0) is 36.6. The van der Waals surface area contributed by atoms with Gasteiger partial charge in [-0.3, -0.25) is 0 Å². The van der Waals surface area contributed by atoms with E-state index in [0.29, 0.717) is 0 Å². The fraction of sp³-hybridized carbons (Fsp3) is 0.0909. The first-order valence-electron chi connectivity index (χ1n) is 17.2. The van der Waals surface area contributed by atoms with E-state index in [9.17, 15) is 0 Å². The molecule has 0 fully saturated rings. The molecule has 3 aliphatic heterocycles. The summed E-state index contributed by atoms with van der Waals surface area (Å²) in [5, 5.41) is 2.27. The van der Waals surface area contributed by atoms with Crippen LogP contribution in [0.4, 0.5) is 0 Å². The first-order chi connectivity index (χ1) is 25.9. The summed E-state index contributed by atoms with van der Waals surface area (Å²) in [6.07, 6.45) is 25.2. The van der Waals surface area contributed by atoms with Crippen molar-refractivity contribution in [1.29, 1.82) is 0 Å². The van der Waals surface area contributed by atoms with Gasteiger partial charge in [-0.1, -0.05) is 24.3 Å². The van der Waals surface area contributed by atoms with Crippen molar-refractivity contribution in [2.75, 3.05) is 0 Å². The molecule has 0 saturated carbocycles. The van der Waals surface area contributed by atoms with Crippen LogP contribution in [-0.4, -0.2) is 9.97 Å². The summed E-state index contributed by atoms with van der Waals surface area (Å²) < 4.78 is 8.21. The Morgan fingerprint density at radius 3 is 0.895 bits per heavy atom. The molecule has 57 heavy (non-hydrogen) atoms. The first-order valence-corrected chi connectivity index (χ1v) is 18.6. The minimum atomic E-state index is 0. The molecule has 0 saturated heterocycles. The number of hydrogen-bond acceptors (Lipinski definition) is 2. The predicted octanol–water partition coefficient (Wildman–Crippen LogP) is -5.37. The summed E-state index contributed by atoms with van der Waals surface area (Å²) in [7, 11) is 12.5. The van der Waals surface area contributed by atoms with Crippen molar-refractivity contribution in [1.82, 2.24) is 15.0 Å². The van der Waals surface area contributed by atoms with E-state index in [1.54, 1.807) is 0 Å². The van der Waals surface area contributed by atoms with Gasteiger partial charge in [-0.25, -0.2) is 28.2 Å². The SMILES string of the molecule is C[n+]1ccc(-c2c3nc(c(-c4cc[n+](C)cc4)c4ccc([n-]4)c(-c4cc[n+](C)cc4)c4nc(c(-c5cc[n+](C)cc5)c5ccc2=5)C=C4)C=C3)cc1.[Cl-].[Cl-].[Cl-].[Cl-].[Cl][Co+]. The van der Waals surface area contributed by atoms with Crippen LogP contribution in [0.3, 0.4) is 0 Å². The fourth-order valence-electron chi connectivity index (χ4n) is 7.02. The van der Waals surface area contributed by atoms with Crippen LogP contribution in [-0.2, 0) is 43.0 Å². The van der Waals surface area contributed by atoms with Gasteiger partial charge in [0.25, 0.3) is 0 Å². The number of aryl methyl sites for hydroxylation is 4. The van der Waals surface area contributed by atoms with Crippen molar-refractivity contribution in [3.05, 3.63) is 156 Å². The van der Waals surface area contributed by atoms with E-state index in [4.69, 9.17) is 15.0 Å². The van der Waals surface area contributed by atoms with Crippen LogP contribution in [0.5, 0.6) is 0 Å². The third kappa shape index (κ3) is 8.78. The topological polar surface area (TPSA) is 55.4 Å². The quantitative estimate of drug-likeness (QED) is 0.166. The minimum absolute atomic E-state index is 0. The number of rotatable bonds is 4. The van der Waals surface area contributed by atoms with Gasteiger partial charge in [-0.15, -0.1) is 11.0 Å². The zero-order valence-electron chi connectivity index (χ0n) is 31.2. The van der Waals surface area contributed by atoms with Crippen LogP contribution >= 0.6 is 10.1 Å². The Labute approximate surface area is 369 Å². The van der Waals surface area contributed by atoms with E-state index in [1.807, 2.05) is 37.3 Å². The van der Waals surface area contributed by atoms with E-state index in [-0.39, 0.29) is 49.6 Å². The Balaban J connectivity index is 0.00000118. The van der Waals surface area contributed by atoms with E-state index in [2.05, 4.69) is 181 Å². The van der Waals surface area contributed by atoms with E-state index < -0.39 is 0 Å². The molecule has 7 nitrogen and oxygen atoms in total. The molecule has 0 radical (unpaired) electrons. The summed E-state index contributed by atoms with van der Waals surface area (Å²) in [4.78, 5) is 16.2. The molecule has 4 aliphatic rings. The maximum atomic E-state index is 5.41. The molecular formula is C44H36Cl5CoN7. The Morgan fingerprint density at radius 1 is 0.386 bits per heavy atom. The number of nitrogens with zero attached hydrogens (tertiary/aromatic N) is 7. The molecule has 5 aromatic rings. The Morgan fingerprint density at radius 2 is 0.632 bits per heavy atom. The second kappa shape index (κ2) is 19.2. The van der Waals surface area contributed by atoms with Gasteiger partial charge in [0, 0.05) is 59.7 Å². The second-order valence-electron chi connectivity index (χ2n) is 13.3. The summed E-state index contributed by atoms with van der Waals surface area (Å²) in [6.45, 7) is 0. The van der Waals surface area contributed by atoms with Gasteiger partial charge < -0.3 is 54.6 Å². The van der Waals surface area contributed by atoms with Gasteiger partial charge in [0.15, 0.2) is 49.6 Å². The van der Waals surface area contributed by atoms with Crippen LogP contribution in [0.2, 0.25) is 0 Å². The van der Waals surface area contributed by atoms with Crippen LogP contribution in [0.1, 0.15) is 22.8 Å². The predicted molar refractivity (Wildman–Crippen MR) is 205 cm³/mol. The van der Waals surface area contributed by atoms with Gasteiger partial charge >= 0.3 is 25.0 Å². The summed E-state index contributed by atoms with van der Waals surface area (Å²) in [6, 6.07) is 25.9. The van der Waals surface area contributed by atoms with Crippen molar-refractivity contribution in [2.45, 2.75) is 0 Å². The third-order valence-corrected chi connectivity index (χ3v) is 9.77. The van der Waals surface area contributed by atoms with Gasteiger partial charge in [0.2, 0.25) is 0 Å². The van der Waals surface area contributed by atoms with E-state index in [1.165, 1.54) is 0 Å². The molecule has 1 aliphatic carbocycles. The standard InChI is InChI=1S/C44H36N7.5ClH.Co/c1-48-21-13-29(14-22-48)41-33-5-6-34(33)42(30-15-23-49(2)24-16-30)36-8-10-38(46-36)44(32-19-27-51(4)28-20-32)40-12-11-39(47-40)43(37-9-7-35(41)45-37)31-17-25-50(3)26-18-31;;;;;;/h5-28H,1-4H3;5*1H;/q+3;;;;;;+2/p-5. The van der Waals surface area contributed by atoms with Crippen molar-refractivity contribution in [3.8, 4) is 44.5 Å². The fourth-order valence-corrected chi connectivity index (χ4v) is 7.02. The molecule has 13 heteroatoms. The molecule has 0 N–H and O–H groups in total. The Bertz CT molecular complexity index is 2580. The molecule has 5 aromatic heterocycles. The molecule has 8 heterocycles. The molecule has 0 spiro atoms. The van der Waals surface area contributed by atoms with Gasteiger partial charge in [0.1, 0.15) is 28.2 Å². The average Bonchev–Trinajstić information content (AvgIpc) is 3.95. The van der Waals surface area contributed by atoms with Crippen molar-refractivity contribution in [3.63, 3.8) is 0 Å². The third-order valence-electron chi connectivity index (χ3n) is 9.77. The zero-order valence-corrected chi connectivity index (χ0v) is 36.0. The molecule has 0 atom stereocenters. The first kappa shape index (κ1) is 45.1. The van der Waals surface area contributed by atoms with Gasteiger partial charge in [-0.05, 0) is 68.1 Å². The van der Waals surface area contributed by atoms with E-state index in [0.717, 1.165) is 88.8 Å². The number of halogens is 5. The monoisotopic (exact) mass is 896 g/mol. The molecule has 9 rings (SSSR count). The van der Waals surface area contributed by atoms with Crippen molar-refractivity contribution in [2.24, 2.45) is 28.2 Å². The number of pyridine rings is 4. The number of aromatic nitrogens is 7. The molecule has 0 amide bonds. The summed E-state index contributed by atoms with van der Waals surface area (Å²) in [5.74, 6) is 0. The van der Waals surface area contributed by atoms with Crippen molar-refractivity contribution < 1.29 is 82.7 Å². The average molecular weight is 899 g/mol. The van der Waals surface area contributed by atoms with Gasteiger partial charge in [0.05, 0.1) is 22.8 Å². The van der Waals surface area contributed by atoms with Crippen LogP contribution in [0.15, 0.2) is 122 Å². The van der Waals surface area contributed by atoms with E-state index >= 15 is 0 Å². The molecular weight excluding hydrogens is 863 g/mol. The second-order valence-corrected chi connectivity index (χ2v) is 13.3. The Hall–Kier alpha value is -4.64. The molecule has 0 unspecified atom stereocenters. The summed E-state index contributed by atoms with van der Waals surface area (Å²) >= 11 is 3.03. The Kier molecular flexibility index (Phi) is 15.2. The van der Waals surface area contributed by atoms with Crippen LogP contribution in [0, 0.1) is 10.4 Å².